The quantitative estimate of drug-likeness (QED) is 0.880. The first-order chi connectivity index (χ1) is 13.2. The number of nitrogens with one attached hydrogen (secondary N) is 1. The molecule has 0 unspecified atom stereocenters. The van der Waals surface area contributed by atoms with Gasteiger partial charge in [-0.2, -0.15) is 5.10 Å². The van der Waals surface area contributed by atoms with Gasteiger partial charge in [-0.25, -0.2) is 0 Å². The highest BCUT2D eigenvalue weighted by Gasteiger charge is 2.24. The molecule has 1 N–H and O–H groups in total. The molecule has 3 heterocycles. The second kappa shape index (κ2) is 8.23. The Hall–Kier alpha value is -2.18. The predicted molar refractivity (Wildman–Crippen MR) is 106 cm³/mol. The van der Waals surface area contributed by atoms with Crippen LogP contribution in [0.15, 0.2) is 30.5 Å². The van der Waals surface area contributed by atoms with Crippen LogP contribution in [0.2, 0.25) is 0 Å². The van der Waals surface area contributed by atoms with E-state index < -0.39 is 0 Å². The summed E-state index contributed by atoms with van der Waals surface area (Å²) < 4.78 is 0. The topological polar surface area (TPSA) is 55.5 Å². The van der Waals surface area contributed by atoms with Crippen LogP contribution in [-0.2, 0) is 11.3 Å². The Balaban J connectivity index is 1.30. The van der Waals surface area contributed by atoms with Crippen molar-refractivity contribution in [3.8, 4) is 11.3 Å². The Morgan fingerprint density at radius 3 is 2.37 bits per heavy atom. The average Bonchev–Trinajstić information content (AvgIpc) is 3.36. The fourth-order valence-corrected chi connectivity index (χ4v) is 4.01. The van der Waals surface area contributed by atoms with Crippen LogP contribution in [0.5, 0.6) is 0 Å². The first-order valence-electron chi connectivity index (χ1n) is 10.0. The number of aromatic amines is 1. The van der Waals surface area contributed by atoms with E-state index in [1.165, 1.54) is 16.7 Å². The van der Waals surface area contributed by atoms with Gasteiger partial charge in [0.1, 0.15) is 0 Å². The molecule has 144 valence electrons. The number of carbonyl (C=O) groups is 1. The van der Waals surface area contributed by atoms with Gasteiger partial charge in [0.2, 0.25) is 5.91 Å². The molecule has 0 spiro atoms. The zero-order valence-corrected chi connectivity index (χ0v) is 16.2. The molecular formula is C21H29N5O. The van der Waals surface area contributed by atoms with Crippen molar-refractivity contribution in [1.29, 1.82) is 0 Å². The number of piperazine rings is 1. The smallest absolute Gasteiger partial charge is 0.236 e. The SMILES string of the molecule is Cc1ccc(-c2[nH]ncc2CN2CCN(CC(=O)N3CCCC3)CC2)cc1. The zero-order valence-electron chi connectivity index (χ0n) is 16.2. The molecular weight excluding hydrogens is 338 g/mol. The van der Waals surface area contributed by atoms with Crippen LogP contribution in [0.25, 0.3) is 11.3 Å². The van der Waals surface area contributed by atoms with Gasteiger partial charge in [0.15, 0.2) is 0 Å². The molecule has 2 fully saturated rings. The minimum absolute atomic E-state index is 0.303. The van der Waals surface area contributed by atoms with E-state index in [0.29, 0.717) is 12.5 Å². The molecule has 4 rings (SSSR count). The lowest BCUT2D eigenvalue weighted by Gasteiger charge is -2.35. The van der Waals surface area contributed by atoms with Crippen LogP contribution < -0.4 is 0 Å². The largest absolute Gasteiger partial charge is 0.342 e. The van der Waals surface area contributed by atoms with Crippen molar-refractivity contribution in [3.63, 3.8) is 0 Å². The summed E-state index contributed by atoms with van der Waals surface area (Å²) in [5.74, 6) is 0.303. The van der Waals surface area contributed by atoms with Gasteiger partial charge < -0.3 is 4.90 Å². The van der Waals surface area contributed by atoms with Crippen LogP contribution in [0.3, 0.4) is 0 Å². The van der Waals surface area contributed by atoms with Gasteiger partial charge in [-0.3, -0.25) is 19.7 Å². The maximum Gasteiger partial charge on any atom is 0.236 e. The third kappa shape index (κ3) is 4.39. The first-order valence-corrected chi connectivity index (χ1v) is 10.0. The molecule has 6 heteroatoms. The lowest BCUT2D eigenvalue weighted by molar-refractivity contribution is -0.131. The number of rotatable bonds is 5. The van der Waals surface area contributed by atoms with E-state index in [1.54, 1.807) is 0 Å². The van der Waals surface area contributed by atoms with Gasteiger partial charge >= 0.3 is 0 Å². The number of carbonyl (C=O) groups excluding carboxylic acids is 1. The van der Waals surface area contributed by atoms with Crippen LogP contribution in [0, 0.1) is 6.92 Å². The standard InChI is InChI=1S/C21H29N5O/c1-17-4-6-18(7-5-17)21-19(14-22-23-21)15-24-10-12-25(13-11-24)16-20(27)26-8-2-3-9-26/h4-7,14H,2-3,8-13,15-16H2,1H3,(H,22,23). The second-order valence-corrected chi connectivity index (χ2v) is 7.78. The monoisotopic (exact) mass is 367 g/mol. The van der Waals surface area contributed by atoms with Crippen LogP contribution >= 0.6 is 0 Å². The van der Waals surface area contributed by atoms with E-state index >= 15 is 0 Å². The molecule has 2 aliphatic rings. The minimum Gasteiger partial charge on any atom is -0.342 e. The fraction of sp³-hybridized carbons (Fsp3) is 0.524. The highest BCUT2D eigenvalue weighted by atomic mass is 16.2. The molecule has 1 aromatic carbocycles. The number of amides is 1. The van der Waals surface area contributed by atoms with Gasteiger partial charge in [-0.1, -0.05) is 29.8 Å². The average molecular weight is 367 g/mol. The lowest BCUT2D eigenvalue weighted by Crippen LogP contribution is -2.49. The summed E-state index contributed by atoms with van der Waals surface area (Å²) in [6, 6.07) is 8.56. The molecule has 6 nitrogen and oxygen atoms in total. The summed E-state index contributed by atoms with van der Waals surface area (Å²) in [6.45, 7) is 9.36. The molecule has 2 saturated heterocycles. The Morgan fingerprint density at radius 1 is 1.00 bits per heavy atom. The van der Waals surface area contributed by atoms with E-state index in [-0.39, 0.29) is 0 Å². The van der Waals surface area contributed by atoms with Gasteiger partial charge in [0.25, 0.3) is 0 Å². The summed E-state index contributed by atoms with van der Waals surface area (Å²) in [6.07, 6.45) is 4.26. The number of hydrogen-bond donors (Lipinski definition) is 1. The van der Waals surface area contributed by atoms with E-state index in [0.717, 1.165) is 64.3 Å². The number of nitrogens with zero attached hydrogens (tertiary/aromatic N) is 4. The van der Waals surface area contributed by atoms with Gasteiger partial charge in [-0.15, -0.1) is 0 Å². The summed E-state index contributed by atoms with van der Waals surface area (Å²) >= 11 is 0. The van der Waals surface area contributed by atoms with Crippen molar-refractivity contribution in [2.24, 2.45) is 0 Å². The number of aromatic nitrogens is 2. The Bertz CT molecular complexity index is 755. The predicted octanol–water partition coefficient (Wildman–Crippen LogP) is 2.13. The molecule has 0 radical (unpaired) electrons. The molecule has 1 amide bonds. The molecule has 0 bridgehead atoms. The van der Waals surface area contributed by atoms with Crippen molar-refractivity contribution in [2.75, 3.05) is 45.8 Å². The molecule has 2 aliphatic heterocycles. The molecule has 0 atom stereocenters. The molecule has 2 aromatic rings. The van der Waals surface area contributed by atoms with Crippen molar-refractivity contribution >= 4 is 5.91 Å². The molecule has 0 saturated carbocycles. The summed E-state index contributed by atoms with van der Waals surface area (Å²) in [4.78, 5) is 19.1. The fourth-order valence-electron chi connectivity index (χ4n) is 4.01. The highest BCUT2D eigenvalue weighted by molar-refractivity contribution is 5.78. The highest BCUT2D eigenvalue weighted by Crippen LogP contribution is 2.23. The lowest BCUT2D eigenvalue weighted by atomic mass is 10.1. The first kappa shape index (κ1) is 18.2. The number of hydrogen-bond acceptors (Lipinski definition) is 4. The summed E-state index contributed by atoms with van der Waals surface area (Å²) in [7, 11) is 0. The van der Waals surface area contributed by atoms with Gasteiger partial charge in [0.05, 0.1) is 18.4 Å². The van der Waals surface area contributed by atoms with Crippen molar-refractivity contribution < 1.29 is 4.79 Å². The van der Waals surface area contributed by atoms with E-state index in [4.69, 9.17) is 0 Å². The third-order valence-corrected chi connectivity index (χ3v) is 5.73. The second-order valence-electron chi connectivity index (χ2n) is 7.78. The van der Waals surface area contributed by atoms with Crippen molar-refractivity contribution in [2.45, 2.75) is 26.3 Å². The number of aryl methyl sites for hydroxylation is 1. The maximum atomic E-state index is 12.3. The molecule has 1 aromatic heterocycles. The Morgan fingerprint density at radius 2 is 1.67 bits per heavy atom. The molecule has 0 aliphatic carbocycles. The Kier molecular flexibility index (Phi) is 5.55. The number of benzene rings is 1. The van der Waals surface area contributed by atoms with Crippen LogP contribution in [0.4, 0.5) is 0 Å². The maximum absolute atomic E-state index is 12.3. The van der Waals surface area contributed by atoms with Crippen LogP contribution in [0.1, 0.15) is 24.0 Å². The van der Waals surface area contributed by atoms with Gasteiger partial charge in [-0.05, 0) is 25.3 Å². The van der Waals surface area contributed by atoms with Crippen molar-refractivity contribution in [1.82, 2.24) is 24.9 Å². The third-order valence-electron chi connectivity index (χ3n) is 5.73. The minimum atomic E-state index is 0.303. The number of likely N-dealkylation sites (tertiary alicyclic amines) is 1. The normalized spacial score (nSPS) is 18.9. The molecule has 27 heavy (non-hydrogen) atoms. The zero-order chi connectivity index (χ0) is 18.6. The Labute approximate surface area is 161 Å². The van der Waals surface area contributed by atoms with Gasteiger partial charge in [0, 0.05) is 51.4 Å². The van der Waals surface area contributed by atoms with Crippen LogP contribution in [-0.4, -0.2) is 76.6 Å². The summed E-state index contributed by atoms with van der Waals surface area (Å²) in [5, 5.41) is 7.43. The number of H-pyrrole nitrogens is 1. The van der Waals surface area contributed by atoms with E-state index in [9.17, 15) is 4.79 Å². The van der Waals surface area contributed by atoms with E-state index in [2.05, 4.69) is 51.2 Å². The summed E-state index contributed by atoms with van der Waals surface area (Å²) in [5.41, 5.74) is 4.80. The van der Waals surface area contributed by atoms with Crippen molar-refractivity contribution in [3.05, 3.63) is 41.6 Å². The van der Waals surface area contributed by atoms with E-state index in [1.807, 2.05) is 11.1 Å².